The van der Waals surface area contributed by atoms with Gasteiger partial charge in [0.1, 0.15) is 6.04 Å². The number of carboxylic acids is 1. The van der Waals surface area contributed by atoms with Gasteiger partial charge < -0.3 is 10.4 Å². The van der Waals surface area contributed by atoms with Crippen molar-refractivity contribution in [2.24, 2.45) is 0 Å². The van der Waals surface area contributed by atoms with Gasteiger partial charge >= 0.3 is 5.97 Å². The maximum Gasteiger partial charge on any atom is 0.326 e. The van der Waals surface area contributed by atoms with Crippen LogP contribution in [0.25, 0.3) is 0 Å². The average molecular weight is 352 g/mol. The minimum absolute atomic E-state index is 0.0568. The maximum absolute atomic E-state index is 12.2. The summed E-state index contributed by atoms with van der Waals surface area (Å²) >= 11 is 0. The van der Waals surface area contributed by atoms with Crippen LogP contribution in [0.2, 0.25) is 0 Å². The van der Waals surface area contributed by atoms with Crippen LogP contribution in [0.15, 0.2) is 29.2 Å². The van der Waals surface area contributed by atoms with Crippen molar-refractivity contribution >= 4 is 21.9 Å². The normalized spacial score (nSPS) is 12.2. The molecule has 1 atom stereocenters. The second-order valence-corrected chi connectivity index (χ2v) is 6.83. The van der Waals surface area contributed by atoms with E-state index in [9.17, 15) is 18.0 Å². The summed E-state index contributed by atoms with van der Waals surface area (Å²) in [6.45, 7) is 1.75. The Bertz CT molecular complexity index is 737. The molecule has 1 aromatic rings. The second kappa shape index (κ2) is 9.05. The van der Waals surface area contributed by atoms with Gasteiger partial charge in [-0.3, -0.25) is 4.79 Å². The Morgan fingerprint density at radius 1 is 1.38 bits per heavy atom. The highest BCUT2D eigenvalue weighted by Crippen LogP contribution is 2.12. The number of carboxylic acid groups (broad SMARTS) is 1. The number of unbranched alkanes of at least 4 members (excludes halogenated alkanes) is 1. The Balaban J connectivity index is 2.94. The van der Waals surface area contributed by atoms with Crippen molar-refractivity contribution < 1.29 is 23.1 Å². The molecule has 130 valence electrons. The fraction of sp³-hybridized carbons (Fsp3) is 0.375. The summed E-state index contributed by atoms with van der Waals surface area (Å²) in [5.74, 6) is 0.380. The molecule has 8 heteroatoms. The summed E-state index contributed by atoms with van der Waals surface area (Å²) in [6.07, 6.45) is 6.78. The molecule has 0 aliphatic heterocycles. The zero-order valence-electron chi connectivity index (χ0n) is 13.3. The van der Waals surface area contributed by atoms with Crippen LogP contribution in [0, 0.1) is 12.3 Å². The molecule has 7 nitrogen and oxygen atoms in total. The van der Waals surface area contributed by atoms with Crippen molar-refractivity contribution in [3.8, 4) is 12.3 Å². The first-order chi connectivity index (χ1) is 11.3. The first-order valence-electron chi connectivity index (χ1n) is 7.38. The van der Waals surface area contributed by atoms with Gasteiger partial charge in [0, 0.05) is 5.56 Å². The lowest BCUT2D eigenvalue weighted by Crippen LogP contribution is -2.40. The Morgan fingerprint density at radius 2 is 2.08 bits per heavy atom. The summed E-state index contributed by atoms with van der Waals surface area (Å²) in [6, 6.07) is 4.29. The highest BCUT2D eigenvalue weighted by atomic mass is 32.2. The van der Waals surface area contributed by atoms with Gasteiger partial charge in [-0.05, 0) is 24.6 Å². The Kier molecular flexibility index (Phi) is 7.42. The molecule has 0 saturated heterocycles. The number of amides is 1. The van der Waals surface area contributed by atoms with Crippen LogP contribution in [-0.2, 0) is 14.8 Å². The molecule has 0 radical (unpaired) electrons. The summed E-state index contributed by atoms with van der Waals surface area (Å²) < 4.78 is 26.2. The summed E-state index contributed by atoms with van der Waals surface area (Å²) in [7, 11) is -3.83. The standard InChI is InChI=1S/C16H20N2O5S/c1-3-5-9-14(16(20)21)18-15(19)12-7-6-8-13(11-12)24(22,23)17-10-4-2/h2,6-8,11,14,17H,3,5,9-10H2,1H3,(H,18,19)(H,20,21). The van der Waals surface area contributed by atoms with Crippen molar-refractivity contribution in [2.75, 3.05) is 6.54 Å². The zero-order chi connectivity index (χ0) is 18.2. The second-order valence-electron chi connectivity index (χ2n) is 5.06. The van der Waals surface area contributed by atoms with Crippen LogP contribution < -0.4 is 10.0 Å². The molecule has 24 heavy (non-hydrogen) atoms. The predicted molar refractivity (Wildman–Crippen MR) is 88.9 cm³/mol. The Morgan fingerprint density at radius 3 is 2.67 bits per heavy atom. The number of rotatable bonds is 9. The number of carbonyl (C=O) groups excluding carboxylic acids is 1. The third-order valence-corrected chi connectivity index (χ3v) is 4.62. The molecule has 1 aromatic carbocycles. The molecule has 0 heterocycles. The number of hydrogen-bond donors (Lipinski definition) is 3. The van der Waals surface area contributed by atoms with E-state index in [-0.39, 0.29) is 17.0 Å². The summed E-state index contributed by atoms with van der Waals surface area (Å²) in [5.41, 5.74) is 0.0568. The van der Waals surface area contributed by atoms with Crippen molar-refractivity contribution in [1.82, 2.24) is 10.0 Å². The number of carbonyl (C=O) groups is 2. The quantitative estimate of drug-likeness (QED) is 0.573. The lowest BCUT2D eigenvalue weighted by molar-refractivity contribution is -0.139. The van der Waals surface area contributed by atoms with Gasteiger partial charge in [0.05, 0.1) is 11.4 Å². The molecule has 1 rings (SSSR count). The van der Waals surface area contributed by atoms with E-state index in [0.29, 0.717) is 12.8 Å². The topological polar surface area (TPSA) is 113 Å². The van der Waals surface area contributed by atoms with Gasteiger partial charge in [-0.2, -0.15) is 4.72 Å². The molecule has 0 bridgehead atoms. The average Bonchev–Trinajstić information content (AvgIpc) is 2.56. The smallest absolute Gasteiger partial charge is 0.326 e. The van der Waals surface area contributed by atoms with E-state index >= 15 is 0 Å². The fourth-order valence-electron chi connectivity index (χ4n) is 1.93. The van der Waals surface area contributed by atoms with Crippen LogP contribution >= 0.6 is 0 Å². The van der Waals surface area contributed by atoms with E-state index in [4.69, 9.17) is 11.5 Å². The number of aliphatic carboxylic acids is 1. The van der Waals surface area contributed by atoms with Gasteiger partial charge in [-0.25, -0.2) is 13.2 Å². The Hall–Kier alpha value is -2.37. The lowest BCUT2D eigenvalue weighted by atomic mass is 10.1. The van der Waals surface area contributed by atoms with Crippen LogP contribution in [0.5, 0.6) is 0 Å². The Labute approximate surface area is 141 Å². The van der Waals surface area contributed by atoms with E-state index in [0.717, 1.165) is 6.42 Å². The maximum atomic E-state index is 12.2. The van der Waals surface area contributed by atoms with Crippen LogP contribution in [-0.4, -0.2) is 38.0 Å². The fourth-order valence-corrected chi connectivity index (χ4v) is 2.91. The van der Waals surface area contributed by atoms with Gasteiger partial charge in [0.2, 0.25) is 10.0 Å². The number of hydrogen-bond acceptors (Lipinski definition) is 4. The van der Waals surface area contributed by atoms with Crippen LogP contribution in [0.1, 0.15) is 36.5 Å². The lowest BCUT2D eigenvalue weighted by Gasteiger charge is -2.14. The molecule has 0 saturated carbocycles. The first kappa shape index (κ1) is 19.7. The molecule has 1 amide bonds. The molecule has 0 aliphatic rings. The highest BCUT2D eigenvalue weighted by Gasteiger charge is 2.21. The predicted octanol–water partition coefficient (Wildman–Crippen LogP) is 0.971. The highest BCUT2D eigenvalue weighted by molar-refractivity contribution is 7.89. The molecule has 0 aromatic heterocycles. The summed E-state index contributed by atoms with van der Waals surface area (Å²) in [5, 5.41) is 11.5. The number of terminal acetylenes is 1. The van der Waals surface area contributed by atoms with E-state index < -0.39 is 27.9 Å². The minimum Gasteiger partial charge on any atom is -0.480 e. The van der Waals surface area contributed by atoms with E-state index in [1.165, 1.54) is 24.3 Å². The number of nitrogens with one attached hydrogen (secondary N) is 2. The third kappa shape index (κ3) is 5.68. The zero-order valence-corrected chi connectivity index (χ0v) is 14.1. The third-order valence-electron chi connectivity index (χ3n) is 3.22. The van der Waals surface area contributed by atoms with Gasteiger partial charge in [-0.1, -0.05) is 31.8 Å². The molecule has 3 N–H and O–H groups in total. The van der Waals surface area contributed by atoms with Gasteiger partial charge in [-0.15, -0.1) is 6.42 Å². The van der Waals surface area contributed by atoms with Crippen molar-refractivity contribution in [3.05, 3.63) is 29.8 Å². The van der Waals surface area contributed by atoms with Crippen molar-refractivity contribution in [1.29, 1.82) is 0 Å². The van der Waals surface area contributed by atoms with Crippen molar-refractivity contribution in [3.63, 3.8) is 0 Å². The molecule has 0 spiro atoms. The van der Waals surface area contributed by atoms with Gasteiger partial charge in [0.25, 0.3) is 5.91 Å². The number of sulfonamides is 1. The first-order valence-corrected chi connectivity index (χ1v) is 8.87. The number of benzene rings is 1. The molecule has 0 fully saturated rings. The van der Waals surface area contributed by atoms with E-state index in [2.05, 4.69) is 16.0 Å². The van der Waals surface area contributed by atoms with Crippen LogP contribution in [0.3, 0.4) is 0 Å². The van der Waals surface area contributed by atoms with Crippen molar-refractivity contribution in [2.45, 2.75) is 37.1 Å². The van der Waals surface area contributed by atoms with E-state index in [1.54, 1.807) is 0 Å². The van der Waals surface area contributed by atoms with E-state index in [1.807, 2.05) is 6.92 Å². The minimum atomic E-state index is -3.83. The molecular weight excluding hydrogens is 332 g/mol. The van der Waals surface area contributed by atoms with Gasteiger partial charge in [0.15, 0.2) is 0 Å². The molecular formula is C16H20N2O5S. The SMILES string of the molecule is C#CCNS(=O)(=O)c1cccc(C(=O)NC(CCCC)C(=O)O)c1. The summed E-state index contributed by atoms with van der Waals surface area (Å²) in [4.78, 5) is 23.3. The monoisotopic (exact) mass is 352 g/mol. The molecule has 0 aliphatic carbocycles. The largest absolute Gasteiger partial charge is 0.480 e. The van der Waals surface area contributed by atoms with Crippen LogP contribution in [0.4, 0.5) is 0 Å². The molecule has 1 unspecified atom stereocenters.